The van der Waals surface area contributed by atoms with Crippen molar-refractivity contribution in [3.05, 3.63) is 41.4 Å². The number of fused-ring (bicyclic) bond motifs is 4. The second kappa shape index (κ2) is 8.08. The van der Waals surface area contributed by atoms with Crippen LogP contribution in [0.3, 0.4) is 0 Å². The Hall–Kier alpha value is -3.47. The molecule has 8 nitrogen and oxygen atoms in total. The van der Waals surface area contributed by atoms with E-state index in [-0.39, 0.29) is 34.8 Å². The molecular weight excluding hydrogens is 462 g/mol. The predicted molar refractivity (Wildman–Crippen MR) is 122 cm³/mol. The lowest BCUT2D eigenvalue weighted by Crippen LogP contribution is -2.51. The number of carbonyl (C=O) groups is 1. The van der Waals surface area contributed by atoms with Gasteiger partial charge >= 0.3 is 5.97 Å². The van der Waals surface area contributed by atoms with Crippen LogP contribution >= 0.6 is 11.3 Å². The first-order chi connectivity index (χ1) is 16.5. The first kappa shape index (κ1) is 21.1. The van der Waals surface area contributed by atoms with Crippen LogP contribution in [0.25, 0.3) is 33.1 Å². The highest BCUT2D eigenvalue weighted by atomic mass is 32.1. The molecular formula is C23H20F2N6O2S. The van der Waals surface area contributed by atoms with Crippen molar-refractivity contribution in [1.29, 1.82) is 0 Å². The highest BCUT2D eigenvalue weighted by Gasteiger charge is 2.47. The van der Waals surface area contributed by atoms with Gasteiger partial charge in [0.25, 0.3) is 0 Å². The van der Waals surface area contributed by atoms with Crippen LogP contribution in [-0.2, 0) is 4.79 Å². The van der Waals surface area contributed by atoms with Crippen LogP contribution in [0.5, 0.6) is 0 Å². The van der Waals surface area contributed by atoms with Crippen molar-refractivity contribution in [3.8, 4) is 22.1 Å². The Morgan fingerprint density at radius 1 is 1.18 bits per heavy atom. The van der Waals surface area contributed by atoms with Gasteiger partial charge in [0.2, 0.25) is 0 Å². The molecule has 2 bridgehead atoms. The normalized spacial score (nSPS) is 23.9. The Morgan fingerprint density at radius 2 is 1.97 bits per heavy atom. The maximum Gasteiger partial charge on any atom is 0.308 e. The molecule has 2 unspecified atom stereocenters. The molecule has 2 atom stereocenters. The quantitative estimate of drug-likeness (QED) is 0.377. The van der Waals surface area contributed by atoms with Gasteiger partial charge in [0, 0.05) is 6.04 Å². The molecule has 34 heavy (non-hydrogen) atoms. The zero-order valence-electron chi connectivity index (χ0n) is 17.8. The number of thiophene rings is 1. The van der Waals surface area contributed by atoms with E-state index in [2.05, 4.69) is 30.5 Å². The maximum atomic E-state index is 15.7. The summed E-state index contributed by atoms with van der Waals surface area (Å²) in [6, 6.07) is 4.38. The number of nitrogens with zero attached hydrogens (tertiary/aromatic N) is 4. The standard InChI is InChI=1S/C23H20F2N6O2S/c24-12-8-13-18(30-31-20(13)26-9-12)22-28-19(14-2-1-7-34-14)16(25)21(29-22)27-17-11-5-3-10(4-6-11)15(17)23(32)33/h1-2,7-11,15,17H,3-6H2,(H,32,33)(H,26,30,31)(H,27,28,29). The van der Waals surface area contributed by atoms with E-state index >= 15 is 4.39 Å². The fourth-order valence-corrected chi connectivity index (χ4v) is 6.15. The molecule has 174 valence electrons. The van der Waals surface area contributed by atoms with E-state index in [1.54, 1.807) is 12.1 Å². The molecule has 0 radical (unpaired) electrons. The summed E-state index contributed by atoms with van der Waals surface area (Å²) in [7, 11) is 0. The summed E-state index contributed by atoms with van der Waals surface area (Å²) in [4.78, 5) is 25.5. The molecule has 3 saturated carbocycles. The van der Waals surface area contributed by atoms with E-state index in [0.29, 0.717) is 16.0 Å². The monoisotopic (exact) mass is 482 g/mol. The number of pyridine rings is 1. The summed E-state index contributed by atoms with van der Waals surface area (Å²) in [5.41, 5.74) is 0.678. The zero-order chi connectivity index (χ0) is 23.4. The van der Waals surface area contributed by atoms with Crippen LogP contribution in [0.15, 0.2) is 29.8 Å². The van der Waals surface area contributed by atoms with Crippen molar-refractivity contribution in [3.63, 3.8) is 0 Å². The largest absolute Gasteiger partial charge is 0.481 e. The van der Waals surface area contributed by atoms with Crippen LogP contribution in [0, 0.1) is 29.4 Å². The number of aliphatic carboxylic acids is 1. The highest BCUT2D eigenvalue weighted by molar-refractivity contribution is 7.13. The lowest BCUT2D eigenvalue weighted by Gasteiger charge is -2.47. The smallest absolute Gasteiger partial charge is 0.308 e. The van der Waals surface area contributed by atoms with E-state index in [0.717, 1.165) is 31.9 Å². The summed E-state index contributed by atoms with van der Waals surface area (Å²) < 4.78 is 29.6. The Bertz CT molecular complexity index is 1380. The van der Waals surface area contributed by atoms with Crippen molar-refractivity contribution < 1.29 is 18.7 Å². The SMILES string of the molecule is O=C(O)C1C2CCC(CC2)C1Nc1nc(-c2[nH]nc3ncc(F)cc23)nc(-c2cccs2)c1F. The predicted octanol–water partition coefficient (Wildman–Crippen LogP) is 4.72. The Balaban J connectivity index is 1.49. The van der Waals surface area contributed by atoms with Gasteiger partial charge in [-0.05, 0) is 55.0 Å². The number of aromatic nitrogens is 5. The van der Waals surface area contributed by atoms with Crippen LogP contribution in [0.4, 0.5) is 14.6 Å². The van der Waals surface area contributed by atoms with Crippen LogP contribution in [0.2, 0.25) is 0 Å². The molecule has 3 fully saturated rings. The summed E-state index contributed by atoms with van der Waals surface area (Å²) in [5.74, 6) is -2.43. The topological polar surface area (TPSA) is 117 Å². The molecule has 3 N–H and O–H groups in total. The minimum absolute atomic E-state index is 0.0618. The number of aromatic amines is 1. The second-order valence-corrected chi connectivity index (χ2v) is 9.82. The number of H-pyrrole nitrogens is 1. The van der Waals surface area contributed by atoms with Gasteiger partial charge in [0.1, 0.15) is 17.2 Å². The maximum absolute atomic E-state index is 15.7. The van der Waals surface area contributed by atoms with E-state index in [1.807, 2.05) is 5.38 Å². The van der Waals surface area contributed by atoms with Crippen molar-refractivity contribution in [2.45, 2.75) is 31.7 Å². The van der Waals surface area contributed by atoms with Gasteiger partial charge in [-0.3, -0.25) is 9.89 Å². The molecule has 11 heteroatoms. The lowest BCUT2D eigenvalue weighted by atomic mass is 9.61. The first-order valence-electron chi connectivity index (χ1n) is 11.1. The minimum atomic E-state index is -0.874. The number of hydrogen-bond acceptors (Lipinski definition) is 7. The van der Waals surface area contributed by atoms with Gasteiger partial charge in [-0.2, -0.15) is 5.10 Å². The Morgan fingerprint density at radius 3 is 2.71 bits per heavy atom. The van der Waals surface area contributed by atoms with Crippen LogP contribution in [-0.4, -0.2) is 42.3 Å². The third-order valence-corrected chi connectivity index (χ3v) is 7.89. The lowest BCUT2D eigenvalue weighted by molar-refractivity contribution is -0.148. The number of anilines is 1. The molecule has 3 aliphatic rings. The van der Waals surface area contributed by atoms with Gasteiger partial charge in [0.15, 0.2) is 23.1 Å². The number of halogens is 2. The number of rotatable bonds is 5. The second-order valence-electron chi connectivity index (χ2n) is 8.87. The fourth-order valence-electron chi connectivity index (χ4n) is 5.45. The third-order valence-electron chi connectivity index (χ3n) is 7.01. The molecule has 0 amide bonds. The van der Waals surface area contributed by atoms with E-state index in [4.69, 9.17) is 0 Å². The van der Waals surface area contributed by atoms with Gasteiger partial charge in [-0.1, -0.05) is 6.07 Å². The minimum Gasteiger partial charge on any atom is -0.481 e. The molecule has 4 aromatic rings. The van der Waals surface area contributed by atoms with E-state index in [9.17, 15) is 14.3 Å². The fraction of sp³-hybridized carbons (Fsp3) is 0.348. The summed E-state index contributed by atoms with van der Waals surface area (Å²) in [5, 5.41) is 22.1. The molecule has 4 heterocycles. The number of carboxylic acid groups (broad SMARTS) is 1. The number of hydrogen-bond donors (Lipinski definition) is 3. The zero-order valence-corrected chi connectivity index (χ0v) is 18.6. The van der Waals surface area contributed by atoms with Crippen LogP contribution in [0.1, 0.15) is 25.7 Å². The molecule has 0 aliphatic heterocycles. The van der Waals surface area contributed by atoms with E-state index < -0.39 is 29.6 Å². The van der Waals surface area contributed by atoms with E-state index in [1.165, 1.54) is 17.4 Å². The summed E-state index contributed by atoms with van der Waals surface area (Å²) >= 11 is 1.32. The molecule has 7 rings (SSSR count). The Labute approximate surface area is 196 Å². The van der Waals surface area contributed by atoms with Crippen molar-refractivity contribution in [1.82, 2.24) is 25.1 Å². The van der Waals surface area contributed by atoms with Gasteiger partial charge in [0.05, 0.1) is 22.4 Å². The van der Waals surface area contributed by atoms with Crippen LogP contribution < -0.4 is 5.32 Å². The molecule has 4 aromatic heterocycles. The van der Waals surface area contributed by atoms with Crippen molar-refractivity contribution >= 4 is 34.2 Å². The average Bonchev–Trinajstić information content (AvgIpc) is 3.51. The Kier molecular flexibility index (Phi) is 5.01. The molecule has 3 aliphatic carbocycles. The molecule has 0 saturated heterocycles. The highest BCUT2D eigenvalue weighted by Crippen LogP contribution is 2.46. The van der Waals surface area contributed by atoms with Gasteiger partial charge in [-0.25, -0.2) is 23.7 Å². The average molecular weight is 483 g/mol. The first-order valence-corrected chi connectivity index (χ1v) is 12.0. The third kappa shape index (κ3) is 3.42. The molecule has 0 spiro atoms. The van der Waals surface area contributed by atoms with Crippen molar-refractivity contribution in [2.75, 3.05) is 5.32 Å². The molecule has 0 aromatic carbocycles. The van der Waals surface area contributed by atoms with Gasteiger partial charge < -0.3 is 10.4 Å². The number of carboxylic acids is 1. The van der Waals surface area contributed by atoms with Crippen molar-refractivity contribution in [2.24, 2.45) is 17.8 Å². The number of nitrogens with one attached hydrogen (secondary N) is 2. The summed E-state index contributed by atoms with van der Waals surface area (Å²) in [6.45, 7) is 0. The van der Waals surface area contributed by atoms with Gasteiger partial charge in [-0.15, -0.1) is 11.3 Å². The summed E-state index contributed by atoms with van der Waals surface area (Å²) in [6.07, 6.45) is 4.61.